The van der Waals surface area contributed by atoms with E-state index in [0.717, 1.165) is 27.4 Å². The van der Waals surface area contributed by atoms with Crippen LogP contribution in [0, 0.1) is 6.92 Å². The number of rotatable bonds is 0. The predicted molar refractivity (Wildman–Crippen MR) is 63.6 cm³/mol. The van der Waals surface area contributed by atoms with Crippen LogP contribution >= 0.6 is 0 Å². The van der Waals surface area contributed by atoms with E-state index in [9.17, 15) is 4.79 Å². The van der Waals surface area contributed by atoms with Gasteiger partial charge in [0.15, 0.2) is 0 Å². The van der Waals surface area contributed by atoms with Crippen LogP contribution in [0.3, 0.4) is 0 Å². The van der Waals surface area contributed by atoms with Gasteiger partial charge in [-0.2, -0.15) is 5.10 Å². The van der Waals surface area contributed by atoms with Crippen molar-refractivity contribution in [3.63, 3.8) is 0 Å². The molecule has 16 heavy (non-hydrogen) atoms. The Balaban J connectivity index is 2.71. The number of hydrogen-bond donors (Lipinski definition) is 1. The van der Waals surface area contributed by atoms with Crippen molar-refractivity contribution in [2.75, 3.05) is 0 Å². The highest BCUT2D eigenvalue weighted by atomic mass is 16.1. The number of benzene rings is 1. The van der Waals surface area contributed by atoms with E-state index >= 15 is 0 Å². The Morgan fingerprint density at radius 3 is 2.88 bits per heavy atom. The Hall–Kier alpha value is -2.10. The first kappa shape index (κ1) is 9.15. The van der Waals surface area contributed by atoms with Gasteiger partial charge in [-0.25, -0.2) is 0 Å². The fraction of sp³-hybridized carbons (Fsp3) is 0.167. The molecule has 0 fully saturated rings. The maximum absolute atomic E-state index is 12.1. The highest BCUT2D eigenvalue weighted by Crippen LogP contribution is 2.21. The van der Waals surface area contributed by atoms with Crippen molar-refractivity contribution < 1.29 is 0 Å². The van der Waals surface area contributed by atoms with Gasteiger partial charge in [0.1, 0.15) is 5.65 Å². The van der Waals surface area contributed by atoms with E-state index in [0.29, 0.717) is 0 Å². The van der Waals surface area contributed by atoms with Gasteiger partial charge in [0.25, 0.3) is 5.56 Å². The van der Waals surface area contributed by atoms with Crippen molar-refractivity contribution in [3.8, 4) is 0 Å². The van der Waals surface area contributed by atoms with Crippen LogP contribution in [-0.2, 0) is 7.05 Å². The number of hydrogen-bond acceptors (Lipinski definition) is 2. The van der Waals surface area contributed by atoms with Crippen molar-refractivity contribution >= 4 is 21.8 Å². The molecule has 0 aliphatic carbocycles. The van der Waals surface area contributed by atoms with Crippen LogP contribution in [0.4, 0.5) is 0 Å². The SMILES string of the molecule is Cc1ccc2c(c1)c(=O)n(C)c1[nH]ncc21. The molecule has 3 rings (SSSR count). The minimum Gasteiger partial charge on any atom is -0.296 e. The van der Waals surface area contributed by atoms with Gasteiger partial charge in [-0.05, 0) is 18.4 Å². The van der Waals surface area contributed by atoms with Crippen molar-refractivity contribution in [3.05, 3.63) is 40.3 Å². The lowest BCUT2D eigenvalue weighted by atomic mass is 10.1. The van der Waals surface area contributed by atoms with E-state index in [4.69, 9.17) is 0 Å². The van der Waals surface area contributed by atoms with E-state index in [1.165, 1.54) is 0 Å². The number of aromatic amines is 1. The van der Waals surface area contributed by atoms with Gasteiger partial charge >= 0.3 is 0 Å². The minimum absolute atomic E-state index is 0.00968. The minimum atomic E-state index is 0.00968. The first-order chi connectivity index (χ1) is 7.68. The number of aromatic nitrogens is 3. The Kier molecular flexibility index (Phi) is 1.68. The molecule has 0 bridgehead atoms. The lowest BCUT2D eigenvalue weighted by Crippen LogP contribution is -2.17. The molecule has 0 saturated carbocycles. The Bertz CT molecular complexity index is 752. The molecular formula is C12H11N3O. The van der Waals surface area contributed by atoms with Crippen LogP contribution in [0.15, 0.2) is 29.2 Å². The molecule has 2 aromatic heterocycles. The van der Waals surface area contributed by atoms with Gasteiger partial charge < -0.3 is 0 Å². The van der Waals surface area contributed by atoms with Gasteiger partial charge in [0.2, 0.25) is 0 Å². The summed E-state index contributed by atoms with van der Waals surface area (Å²) in [7, 11) is 1.75. The molecule has 0 aliphatic rings. The lowest BCUT2D eigenvalue weighted by Gasteiger charge is -2.04. The van der Waals surface area contributed by atoms with E-state index in [-0.39, 0.29) is 5.56 Å². The van der Waals surface area contributed by atoms with Gasteiger partial charge in [0.05, 0.1) is 6.20 Å². The summed E-state index contributed by atoms with van der Waals surface area (Å²) in [6.07, 6.45) is 1.76. The Labute approximate surface area is 91.5 Å². The second kappa shape index (κ2) is 2.95. The second-order valence-corrected chi connectivity index (χ2v) is 4.05. The third kappa shape index (κ3) is 1.04. The number of H-pyrrole nitrogens is 1. The molecule has 0 atom stereocenters. The average Bonchev–Trinajstić information content (AvgIpc) is 2.75. The maximum atomic E-state index is 12.1. The van der Waals surface area contributed by atoms with Gasteiger partial charge in [-0.3, -0.25) is 14.5 Å². The fourth-order valence-corrected chi connectivity index (χ4v) is 2.08. The maximum Gasteiger partial charge on any atom is 0.259 e. The Morgan fingerprint density at radius 1 is 1.25 bits per heavy atom. The van der Waals surface area contributed by atoms with E-state index < -0.39 is 0 Å². The van der Waals surface area contributed by atoms with Crippen LogP contribution in [0.5, 0.6) is 0 Å². The molecule has 1 aromatic carbocycles. The third-order valence-electron chi connectivity index (χ3n) is 2.95. The monoisotopic (exact) mass is 213 g/mol. The van der Waals surface area contributed by atoms with Gasteiger partial charge in [-0.1, -0.05) is 17.7 Å². The average molecular weight is 213 g/mol. The molecule has 0 unspecified atom stereocenters. The summed E-state index contributed by atoms with van der Waals surface area (Å²) in [5.74, 6) is 0. The Morgan fingerprint density at radius 2 is 2.06 bits per heavy atom. The molecule has 2 heterocycles. The summed E-state index contributed by atoms with van der Waals surface area (Å²) in [5.41, 5.74) is 1.87. The quantitative estimate of drug-likeness (QED) is 0.618. The fourth-order valence-electron chi connectivity index (χ4n) is 2.08. The summed E-state index contributed by atoms with van der Waals surface area (Å²) in [6, 6.07) is 5.90. The number of fused-ring (bicyclic) bond motifs is 3. The molecule has 4 heteroatoms. The smallest absolute Gasteiger partial charge is 0.259 e. The zero-order chi connectivity index (χ0) is 11.3. The van der Waals surface area contributed by atoms with Crippen LogP contribution in [0.2, 0.25) is 0 Å². The van der Waals surface area contributed by atoms with Crippen LogP contribution in [0.1, 0.15) is 5.56 Å². The molecule has 4 nitrogen and oxygen atoms in total. The molecule has 0 radical (unpaired) electrons. The first-order valence-electron chi connectivity index (χ1n) is 5.11. The standard InChI is InChI=1S/C12H11N3O/c1-7-3-4-8-9(5-7)12(16)15(2)11-10(8)6-13-14-11/h3-6H,1-2H3,(H,13,14). The van der Waals surface area contributed by atoms with Crippen molar-refractivity contribution in [1.82, 2.24) is 14.8 Å². The van der Waals surface area contributed by atoms with E-state index in [1.54, 1.807) is 17.8 Å². The molecule has 0 aliphatic heterocycles. The molecule has 0 amide bonds. The van der Waals surface area contributed by atoms with Crippen LogP contribution < -0.4 is 5.56 Å². The van der Waals surface area contributed by atoms with E-state index in [2.05, 4.69) is 10.2 Å². The molecule has 3 aromatic rings. The normalized spacial score (nSPS) is 11.4. The van der Waals surface area contributed by atoms with E-state index in [1.807, 2.05) is 25.1 Å². The highest BCUT2D eigenvalue weighted by Gasteiger charge is 2.09. The van der Waals surface area contributed by atoms with Crippen LogP contribution in [-0.4, -0.2) is 14.8 Å². The number of pyridine rings is 1. The van der Waals surface area contributed by atoms with Crippen molar-refractivity contribution in [2.24, 2.45) is 7.05 Å². The molecular weight excluding hydrogens is 202 g/mol. The zero-order valence-electron chi connectivity index (χ0n) is 9.11. The lowest BCUT2D eigenvalue weighted by molar-refractivity contribution is 0.889. The summed E-state index contributed by atoms with van der Waals surface area (Å²) in [5, 5.41) is 9.53. The number of aryl methyl sites for hydroxylation is 2. The van der Waals surface area contributed by atoms with Gasteiger partial charge in [-0.15, -0.1) is 0 Å². The summed E-state index contributed by atoms with van der Waals surface area (Å²) in [4.78, 5) is 12.1. The van der Waals surface area contributed by atoms with Gasteiger partial charge in [0, 0.05) is 17.8 Å². The zero-order valence-corrected chi connectivity index (χ0v) is 9.11. The molecule has 0 spiro atoms. The summed E-state index contributed by atoms with van der Waals surface area (Å²) < 4.78 is 1.60. The topological polar surface area (TPSA) is 50.7 Å². The van der Waals surface area contributed by atoms with Crippen molar-refractivity contribution in [1.29, 1.82) is 0 Å². The first-order valence-corrected chi connectivity index (χ1v) is 5.11. The summed E-state index contributed by atoms with van der Waals surface area (Å²) >= 11 is 0. The summed E-state index contributed by atoms with van der Waals surface area (Å²) in [6.45, 7) is 1.98. The molecule has 0 saturated heterocycles. The molecule has 1 N–H and O–H groups in total. The highest BCUT2D eigenvalue weighted by molar-refractivity contribution is 6.04. The predicted octanol–water partition coefficient (Wildman–Crippen LogP) is 1.72. The van der Waals surface area contributed by atoms with Crippen molar-refractivity contribution in [2.45, 2.75) is 6.92 Å². The largest absolute Gasteiger partial charge is 0.296 e. The number of nitrogens with one attached hydrogen (secondary N) is 1. The third-order valence-corrected chi connectivity index (χ3v) is 2.95. The number of nitrogens with zero attached hydrogens (tertiary/aromatic N) is 2. The van der Waals surface area contributed by atoms with Crippen LogP contribution in [0.25, 0.3) is 21.8 Å². The molecule has 80 valence electrons. The second-order valence-electron chi connectivity index (χ2n) is 4.05.